The van der Waals surface area contributed by atoms with Gasteiger partial charge in [-0.3, -0.25) is 0 Å². The van der Waals surface area contributed by atoms with Gasteiger partial charge in [0.05, 0.1) is 0 Å². The fourth-order valence-electron chi connectivity index (χ4n) is 4.55. The Morgan fingerprint density at radius 2 is 1.61 bits per heavy atom. The minimum atomic E-state index is 0.793. The summed E-state index contributed by atoms with van der Waals surface area (Å²) in [4.78, 5) is 2.77. The molecule has 1 saturated carbocycles. The van der Waals surface area contributed by atoms with Crippen molar-refractivity contribution in [3.63, 3.8) is 0 Å². The Labute approximate surface area is 114 Å². The number of rotatable bonds is 6. The van der Waals surface area contributed by atoms with Gasteiger partial charge in [0.15, 0.2) is 0 Å². The van der Waals surface area contributed by atoms with Crippen LogP contribution in [0.1, 0.15) is 72.1 Å². The summed E-state index contributed by atoms with van der Waals surface area (Å²) in [6.07, 6.45) is 11.6. The number of hydrogen-bond donors (Lipinski definition) is 0. The molecule has 1 spiro atoms. The third kappa shape index (κ3) is 3.50. The second-order valence-electron chi connectivity index (χ2n) is 7.26. The van der Waals surface area contributed by atoms with Crippen LogP contribution in [0.2, 0.25) is 0 Å². The van der Waals surface area contributed by atoms with E-state index in [1.54, 1.807) is 0 Å². The van der Waals surface area contributed by atoms with Gasteiger partial charge in [-0.25, -0.2) is 0 Å². The smallest absolute Gasteiger partial charge is 0.000966 e. The van der Waals surface area contributed by atoms with Gasteiger partial charge < -0.3 is 4.90 Å². The highest BCUT2D eigenvalue weighted by atomic mass is 15.1. The summed E-state index contributed by atoms with van der Waals surface area (Å²) in [5, 5.41) is 0. The summed E-state index contributed by atoms with van der Waals surface area (Å²) in [6, 6.07) is 0. The maximum atomic E-state index is 2.77. The molecular formula is C17H33N. The molecule has 1 aliphatic heterocycles. The molecule has 0 radical (unpaired) electrons. The lowest BCUT2D eigenvalue weighted by Gasteiger charge is -2.52. The van der Waals surface area contributed by atoms with Crippen LogP contribution in [0, 0.1) is 17.3 Å². The molecule has 0 unspecified atom stereocenters. The number of nitrogens with zero attached hydrogens (tertiary/aromatic N) is 1. The Morgan fingerprint density at radius 3 is 2.06 bits per heavy atom. The van der Waals surface area contributed by atoms with Crippen molar-refractivity contribution >= 4 is 0 Å². The van der Waals surface area contributed by atoms with Crippen LogP contribution in [0.15, 0.2) is 0 Å². The average Bonchev–Trinajstić information content (AvgIpc) is 2.31. The lowest BCUT2D eigenvalue weighted by Crippen LogP contribution is -2.47. The van der Waals surface area contributed by atoms with Gasteiger partial charge in [0, 0.05) is 6.54 Å². The molecular weight excluding hydrogens is 218 g/mol. The molecule has 0 aromatic carbocycles. The Kier molecular flexibility index (Phi) is 5.12. The van der Waals surface area contributed by atoms with Crippen molar-refractivity contribution < 1.29 is 0 Å². The standard InChI is InChI=1S/C17H33N/c1-4-6-16(7-5-2)14-18-10-8-17(9-11-18)12-15(3)13-17/h15-16H,4-14H2,1-3H3. The molecule has 1 heterocycles. The zero-order valence-electron chi connectivity index (χ0n) is 12.9. The van der Waals surface area contributed by atoms with Crippen LogP contribution in [0.25, 0.3) is 0 Å². The molecule has 1 aliphatic carbocycles. The zero-order chi connectivity index (χ0) is 13.0. The van der Waals surface area contributed by atoms with Gasteiger partial charge >= 0.3 is 0 Å². The van der Waals surface area contributed by atoms with Gasteiger partial charge in [-0.05, 0) is 68.9 Å². The second-order valence-corrected chi connectivity index (χ2v) is 7.26. The molecule has 1 saturated heterocycles. The third-order valence-electron chi connectivity index (χ3n) is 5.39. The summed E-state index contributed by atoms with van der Waals surface area (Å²) < 4.78 is 0. The van der Waals surface area contributed by atoms with Crippen molar-refractivity contribution in [1.82, 2.24) is 4.90 Å². The fourth-order valence-corrected chi connectivity index (χ4v) is 4.55. The molecule has 2 rings (SSSR count). The highest BCUT2D eigenvalue weighted by Crippen LogP contribution is 2.52. The van der Waals surface area contributed by atoms with Gasteiger partial charge in [-0.1, -0.05) is 33.6 Å². The van der Waals surface area contributed by atoms with Crippen molar-refractivity contribution in [2.45, 2.75) is 72.1 Å². The molecule has 2 fully saturated rings. The first kappa shape index (κ1) is 14.4. The van der Waals surface area contributed by atoms with Gasteiger partial charge in [-0.15, -0.1) is 0 Å². The Hall–Kier alpha value is -0.0400. The summed E-state index contributed by atoms with van der Waals surface area (Å²) in [5.41, 5.74) is 0.793. The first-order valence-corrected chi connectivity index (χ1v) is 8.40. The van der Waals surface area contributed by atoms with Crippen LogP contribution in [0.4, 0.5) is 0 Å². The molecule has 2 aliphatic rings. The van der Waals surface area contributed by atoms with Crippen molar-refractivity contribution in [2.75, 3.05) is 19.6 Å². The molecule has 0 atom stereocenters. The van der Waals surface area contributed by atoms with E-state index in [9.17, 15) is 0 Å². The van der Waals surface area contributed by atoms with Gasteiger partial charge in [-0.2, -0.15) is 0 Å². The molecule has 0 aromatic rings. The van der Waals surface area contributed by atoms with E-state index < -0.39 is 0 Å². The summed E-state index contributed by atoms with van der Waals surface area (Å²) in [5.74, 6) is 1.99. The zero-order valence-corrected chi connectivity index (χ0v) is 12.9. The van der Waals surface area contributed by atoms with Crippen LogP contribution in [-0.2, 0) is 0 Å². The summed E-state index contributed by atoms with van der Waals surface area (Å²) in [6.45, 7) is 11.3. The van der Waals surface area contributed by atoms with Gasteiger partial charge in [0.25, 0.3) is 0 Å². The Morgan fingerprint density at radius 1 is 1.06 bits per heavy atom. The lowest BCUT2D eigenvalue weighted by molar-refractivity contribution is -0.0101. The second kappa shape index (κ2) is 6.41. The van der Waals surface area contributed by atoms with Crippen LogP contribution in [-0.4, -0.2) is 24.5 Å². The SMILES string of the molecule is CCCC(CCC)CN1CCC2(CC1)CC(C)C2. The minimum absolute atomic E-state index is 0.793. The quantitative estimate of drug-likeness (QED) is 0.660. The van der Waals surface area contributed by atoms with E-state index >= 15 is 0 Å². The number of piperidine rings is 1. The van der Waals surface area contributed by atoms with Gasteiger partial charge in [0.1, 0.15) is 0 Å². The number of likely N-dealkylation sites (tertiary alicyclic amines) is 1. The molecule has 106 valence electrons. The average molecular weight is 251 g/mol. The monoisotopic (exact) mass is 251 g/mol. The normalized spacial score (nSPS) is 24.7. The van der Waals surface area contributed by atoms with E-state index in [1.165, 1.54) is 71.0 Å². The van der Waals surface area contributed by atoms with Crippen LogP contribution < -0.4 is 0 Å². The van der Waals surface area contributed by atoms with Gasteiger partial charge in [0.2, 0.25) is 0 Å². The Bertz CT molecular complexity index is 226. The van der Waals surface area contributed by atoms with Crippen molar-refractivity contribution in [3.8, 4) is 0 Å². The maximum absolute atomic E-state index is 2.77. The van der Waals surface area contributed by atoms with E-state index in [0.717, 1.165) is 17.3 Å². The Balaban J connectivity index is 1.72. The molecule has 18 heavy (non-hydrogen) atoms. The summed E-state index contributed by atoms with van der Waals surface area (Å²) >= 11 is 0. The van der Waals surface area contributed by atoms with Crippen molar-refractivity contribution in [3.05, 3.63) is 0 Å². The molecule has 1 nitrogen and oxygen atoms in total. The van der Waals surface area contributed by atoms with E-state index in [1.807, 2.05) is 0 Å². The highest BCUT2D eigenvalue weighted by molar-refractivity contribution is 4.95. The van der Waals surface area contributed by atoms with Crippen molar-refractivity contribution in [2.24, 2.45) is 17.3 Å². The van der Waals surface area contributed by atoms with Crippen LogP contribution in [0.3, 0.4) is 0 Å². The predicted molar refractivity (Wildman–Crippen MR) is 79.8 cm³/mol. The van der Waals surface area contributed by atoms with E-state index in [0.29, 0.717) is 0 Å². The number of hydrogen-bond acceptors (Lipinski definition) is 1. The maximum Gasteiger partial charge on any atom is 0.000966 e. The molecule has 0 amide bonds. The van der Waals surface area contributed by atoms with Crippen molar-refractivity contribution in [1.29, 1.82) is 0 Å². The molecule has 1 heteroatoms. The van der Waals surface area contributed by atoms with Crippen LogP contribution in [0.5, 0.6) is 0 Å². The predicted octanol–water partition coefficient (Wildman–Crippen LogP) is 4.71. The largest absolute Gasteiger partial charge is 0.303 e. The van der Waals surface area contributed by atoms with E-state index in [2.05, 4.69) is 25.7 Å². The van der Waals surface area contributed by atoms with E-state index in [4.69, 9.17) is 0 Å². The fraction of sp³-hybridized carbons (Fsp3) is 1.00. The summed E-state index contributed by atoms with van der Waals surface area (Å²) in [7, 11) is 0. The first-order chi connectivity index (χ1) is 8.67. The molecule has 0 bridgehead atoms. The highest BCUT2D eigenvalue weighted by Gasteiger charge is 2.43. The van der Waals surface area contributed by atoms with E-state index in [-0.39, 0.29) is 0 Å². The molecule has 0 N–H and O–H groups in total. The van der Waals surface area contributed by atoms with Crippen LogP contribution >= 0.6 is 0 Å². The first-order valence-electron chi connectivity index (χ1n) is 8.40. The molecule has 0 aromatic heterocycles. The lowest BCUT2D eigenvalue weighted by atomic mass is 9.58. The topological polar surface area (TPSA) is 3.24 Å². The minimum Gasteiger partial charge on any atom is -0.303 e. The third-order valence-corrected chi connectivity index (χ3v) is 5.39.